The third-order valence-corrected chi connectivity index (χ3v) is 6.17. The second-order valence-corrected chi connectivity index (χ2v) is 8.94. The predicted molar refractivity (Wildman–Crippen MR) is 136 cm³/mol. The van der Waals surface area contributed by atoms with E-state index in [1.54, 1.807) is 20.0 Å². The highest BCUT2D eigenvalue weighted by atomic mass is 35.5. The van der Waals surface area contributed by atoms with Crippen LogP contribution in [0.2, 0.25) is 5.02 Å². The van der Waals surface area contributed by atoms with Crippen molar-refractivity contribution in [3.8, 4) is 0 Å². The maximum absolute atomic E-state index is 14.5. The van der Waals surface area contributed by atoms with Crippen molar-refractivity contribution in [2.45, 2.75) is 45.1 Å². The number of anilines is 2. The molecule has 1 aliphatic carbocycles. The molecule has 0 saturated heterocycles. The fraction of sp³-hybridized carbons (Fsp3) is 0.360. The first-order valence-electron chi connectivity index (χ1n) is 11.4. The minimum absolute atomic E-state index is 0.0782. The maximum atomic E-state index is 14.5. The van der Waals surface area contributed by atoms with Crippen LogP contribution >= 0.6 is 11.6 Å². The lowest BCUT2D eigenvalue weighted by Crippen LogP contribution is -2.47. The van der Waals surface area contributed by atoms with Gasteiger partial charge in [-0.25, -0.2) is 4.39 Å². The zero-order valence-corrected chi connectivity index (χ0v) is 20.5. The van der Waals surface area contributed by atoms with E-state index in [2.05, 4.69) is 25.9 Å². The number of aliphatic imine (C=N–C) groups is 1. The summed E-state index contributed by atoms with van der Waals surface area (Å²) in [5, 5.41) is 8.75. The van der Waals surface area contributed by atoms with Crippen LogP contribution in [0.1, 0.15) is 48.2 Å². The van der Waals surface area contributed by atoms with Crippen molar-refractivity contribution in [1.82, 2.24) is 15.6 Å². The molecule has 0 bridgehead atoms. The van der Waals surface area contributed by atoms with Gasteiger partial charge < -0.3 is 21.7 Å². The highest BCUT2D eigenvalue weighted by molar-refractivity contribution is 6.33. The number of hydrogen-bond donors (Lipinski definition) is 4. The molecular formula is C25H30ClFN6O2. The Morgan fingerprint density at radius 3 is 2.71 bits per heavy atom. The largest absolute Gasteiger partial charge is 0.403 e. The summed E-state index contributed by atoms with van der Waals surface area (Å²) in [6.07, 6.45) is 8.85. The van der Waals surface area contributed by atoms with Crippen LogP contribution in [0.3, 0.4) is 0 Å². The Labute approximate surface area is 209 Å². The Bertz CT molecular complexity index is 1130. The number of aromatic nitrogens is 1. The molecule has 1 heterocycles. The fourth-order valence-corrected chi connectivity index (χ4v) is 4.23. The van der Waals surface area contributed by atoms with Gasteiger partial charge in [0.05, 0.1) is 22.1 Å². The second-order valence-electron chi connectivity index (χ2n) is 8.54. The zero-order chi connectivity index (χ0) is 25.4. The molecule has 0 spiro atoms. The van der Waals surface area contributed by atoms with Crippen molar-refractivity contribution < 1.29 is 14.0 Å². The molecule has 10 heteroatoms. The first-order valence-corrected chi connectivity index (χ1v) is 11.8. The number of halogens is 2. The monoisotopic (exact) mass is 500 g/mol. The van der Waals surface area contributed by atoms with Gasteiger partial charge in [-0.15, -0.1) is 0 Å². The summed E-state index contributed by atoms with van der Waals surface area (Å²) in [5.74, 6) is -1.10. The van der Waals surface area contributed by atoms with E-state index in [0.717, 1.165) is 25.7 Å². The Kier molecular flexibility index (Phi) is 9.19. The number of nitrogens with one attached hydrogen (secondary N) is 3. The van der Waals surface area contributed by atoms with E-state index in [1.807, 2.05) is 0 Å². The number of carbonyl (C=O) groups excluding carboxylic acids is 2. The topological polar surface area (TPSA) is 121 Å². The van der Waals surface area contributed by atoms with E-state index in [1.165, 1.54) is 36.8 Å². The smallest absolute Gasteiger partial charge is 0.252 e. The normalized spacial score (nSPS) is 15.3. The van der Waals surface area contributed by atoms with Gasteiger partial charge in [-0.1, -0.05) is 37.3 Å². The van der Waals surface area contributed by atoms with Crippen molar-refractivity contribution in [3.63, 3.8) is 0 Å². The zero-order valence-electron chi connectivity index (χ0n) is 19.8. The lowest BCUT2D eigenvalue weighted by Gasteiger charge is -2.22. The highest BCUT2D eigenvalue weighted by Crippen LogP contribution is 2.29. The summed E-state index contributed by atoms with van der Waals surface area (Å²) >= 11 is 6.17. The van der Waals surface area contributed by atoms with Gasteiger partial charge in [0.15, 0.2) is 0 Å². The average Bonchev–Trinajstić information content (AvgIpc) is 3.35. The average molecular weight is 501 g/mol. The van der Waals surface area contributed by atoms with Gasteiger partial charge in [-0.3, -0.25) is 19.6 Å². The number of rotatable bonds is 9. The van der Waals surface area contributed by atoms with Crippen LogP contribution in [-0.2, 0) is 4.79 Å². The molecule has 35 heavy (non-hydrogen) atoms. The molecule has 1 fully saturated rings. The summed E-state index contributed by atoms with van der Waals surface area (Å²) in [6.45, 7) is 1.79. The molecule has 186 valence electrons. The van der Waals surface area contributed by atoms with E-state index < -0.39 is 17.8 Å². The molecular weight excluding hydrogens is 471 g/mol. The summed E-state index contributed by atoms with van der Waals surface area (Å²) in [6, 6.07) is 4.84. The molecule has 1 saturated carbocycles. The highest BCUT2D eigenvalue weighted by Gasteiger charge is 2.27. The molecule has 1 aromatic carbocycles. The van der Waals surface area contributed by atoms with E-state index in [0.29, 0.717) is 34.4 Å². The first-order chi connectivity index (χ1) is 16.8. The minimum atomic E-state index is -0.787. The van der Waals surface area contributed by atoms with Crippen LogP contribution in [0.5, 0.6) is 0 Å². The quantitative estimate of drug-likeness (QED) is 0.384. The summed E-state index contributed by atoms with van der Waals surface area (Å²) in [7, 11) is 1.56. The molecule has 1 aliphatic rings. The van der Waals surface area contributed by atoms with E-state index in [9.17, 15) is 14.0 Å². The van der Waals surface area contributed by atoms with Crippen molar-refractivity contribution in [3.05, 3.63) is 64.5 Å². The van der Waals surface area contributed by atoms with Gasteiger partial charge in [0.2, 0.25) is 5.91 Å². The molecule has 5 N–H and O–H groups in total. The lowest BCUT2D eigenvalue weighted by atomic mass is 9.97. The Balaban J connectivity index is 1.79. The summed E-state index contributed by atoms with van der Waals surface area (Å²) < 4.78 is 14.5. The van der Waals surface area contributed by atoms with Crippen LogP contribution in [0, 0.1) is 18.7 Å². The van der Waals surface area contributed by atoms with Gasteiger partial charge in [-0.05, 0) is 43.5 Å². The third-order valence-electron chi connectivity index (χ3n) is 5.87. The van der Waals surface area contributed by atoms with Gasteiger partial charge in [0.1, 0.15) is 11.9 Å². The number of pyridine rings is 1. The summed E-state index contributed by atoms with van der Waals surface area (Å²) in [4.78, 5) is 34.1. The second kappa shape index (κ2) is 12.3. The van der Waals surface area contributed by atoms with Crippen LogP contribution in [0.4, 0.5) is 15.8 Å². The molecule has 1 atom stereocenters. The first kappa shape index (κ1) is 26.2. The van der Waals surface area contributed by atoms with Crippen molar-refractivity contribution >= 4 is 41.0 Å². The van der Waals surface area contributed by atoms with Crippen LogP contribution in [-0.4, -0.2) is 36.1 Å². The van der Waals surface area contributed by atoms with E-state index in [-0.39, 0.29) is 17.2 Å². The van der Waals surface area contributed by atoms with Gasteiger partial charge in [-0.2, -0.15) is 0 Å². The molecule has 8 nitrogen and oxygen atoms in total. The fourth-order valence-electron chi connectivity index (χ4n) is 4.08. The molecule has 1 unspecified atom stereocenters. The van der Waals surface area contributed by atoms with Gasteiger partial charge in [0, 0.05) is 36.9 Å². The van der Waals surface area contributed by atoms with Crippen LogP contribution in [0.25, 0.3) is 0 Å². The van der Waals surface area contributed by atoms with Crippen molar-refractivity contribution in [2.24, 2.45) is 16.6 Å². The molecule has 3 rings (SSSR count). The van der Waals surface area contributed by atoms with Gasteiger partial charge in [0.25, 0.3) is 5.91 Å². The van der Waals surface area contributed by atoms with Crippen molar-refractivity contribution in [2.75, 3.05) is 12.4 Å². The molecule has 2 aromatic rings. The van der Waals surface area contributed by atoms with Gasteiger partial charge >= 0.3 is 0 Å². The van der Waals surface area contributed by atoms with Crippen LogP contribution in [0.15, 0.2) is 47.4 Å². The van der Waals surface area contributed by atoms with Crippen LogP contribution < -0.4 is 21.7 Å². The SMILES string of the molecule is CN=C/C(=C\N)NC(=O)C(CC1CCCC1)NC(=O)c1ccc(F)c(Nc2cc(C)ncc2Cl)c1. The lowest BCUT2D eigenvalue weighted by molar-refractivity contribution is -0.122. The number of nitrogens with two attached hydrogens (primary N) is 1. The maximum Gasteiger partial charge on any atom is 0.252 e. The predicted octanol–water partition coefficient (Wildman–Crippen LogP) is 4.22. The third kappa shape index (κ3) is 7.26. The van der Waals surface area contributed by atoms with Crippen molar-refractivity contribution in [1.29, 1.82) is 0 Å². The Hall–Kier alpha value is -3.46. The molecule has 1 aromatic heterocycles. The number of hydrogen-bond acceptors (Lipinski definition) is 6. The number of allylic oxidation sites excluding steroid dienone is 1. The molecule has 0 aliphatic heterocycles. The Morgan fingerprint density at radius 2 is 2.03 bits per heavy atom. The number of amides is 2. The number of nitrogens with zero attached hydrogens (tertiary/aromatic N) is 2. The number of benzene rings is 1. The van der Waals surface area contributed by atoms with E-state index >= 15 is 0 Å². The number of carbonyl (C=O) groups is 2. The summed E-state index contributed by atoms with van der Waals surface area (Å²) in [5.41, 5.74) is 7.34. The molecule has 0 radical (unpaired) electrons. The Morgan fingerprint density at radius 1 is 1.29 bits per heavy atom. The number of aryl methyl sites for hydroxylation is 1. The van der Waals surface area contributed by atoms with E-state index in [4.69, 9.17) is 17.3 Å². The standard InChI is InChI=1S/C25H30ClFN6O2/c1-15-9-21(19(26)14-30-15)32-22-11-17(7-8-20(22)27)24(34)33-23(10-16-5-3-4-6-16)25(35)31-18(12-28)13-29-2/h7-9,11-14,16,23H,3-6,10,28H2,1-2H3,(H,30,32)(H,31,35)(H,33,34)/b18-12+,29-13?. The minimum Gasteiger partial charge on any atom is -0.403 e. The molecule has 2 amide bonds.